The molecular weight excluding hydrogens is 319 g/mol. The summed E-state index contributed by atoms with van der Waals surface area (Å²) in [6.45, 7) is 4.59. The number of rotatable bonds is 9. The number of carbonyl (C=O) groups excluding carboxylic acids is 1. The normalized spacial score (nSPS) is 10.5. The summed E-state index contributed by atoms with van der Waals surface area (Å²) in [6.07, 6.45) is 5.56. The highest BCUT2D eigenvalue weighted by atomic mass is 19.1. The third kappa shape index (κ3) is 6.22. The molecule has 0 amide bonds. The zero-order valence-electron chi connectivity index (χ0n) is 14.9. The van der Waals surface area contributed by atoms with Crippen molar-refractivity contribution in [2.24, 2.45) is 0 Å². The van der Waals surface area contributed by atoms with Gasteiger partial charge < -0.3 is 9.47 Å². The summed E-state index contributed by atoms with van der Waals surface area (Å²) in [5.74, 6) is -0.536. The maximum absolute atomic E-state index is 14.1. The second kappa shape index (κ2) is 9.82. The molecule has 134 valence electrons. The highest BCUT2D eigenvalue weighted by Crippen LogP contribution is 2.20. The molecule has 3 nitrogen and oxygen atoms in total. The molecule has 2 aromatic rings. The lowest BCUT2D eigenvalue weighted by atomic mass is 10.2. The van der Waals surface area contributed by atoms with E-state index < -0.39 is 11.8 Å². The number of aryl methyl sites for hydroxylation is 1. The maximum atomic E-state index is 14.1. The lowest BCUT2D eigenvalue weighted by Gasteiger charge is -2.09. The number of ether oxygens (including phenoxy) is 2. The summed E-state index contributed by atoms with van der Waals surface area (Å²) < 4.78 is 24.8. The van der Waals surface area contributed by atoms with Crippen molar-refractivity contribution in [3.63, 3.8) is 0 Å². The summed E-state index contributed by atoms with van der Waals surface area (Å²) >= 11 is 0. The van der Waals surface area contributed by atoms with Gasteiger partial charge in [0.2, 0.25) is 0 Å². The van der Waals surface area contributed by atoms with Crippen LogP contribution in [0.25, 0.3) is 0 Å². The Morgan fingerprint density at radius 1 is 1.00 bits per heavy atom. The quantitative estimate of drug-likeness (QED) is 0.332. The van der Waals surface area contributed by atoms with Crippen molar-refractivity contribution in [3.8, 4) is 11.5 Å². The van der Waals surface area contributed by atoms with Crippen LogP contribution in [0, 0.1) is 12.7 Å². The number of hydrogen-bond donors (Lipinski definition) is 0. The van der Waals surface area contributed by atoms with Crippen LogP contribution in [0.15, 0.2) is 42.5 Å². The molecule has 0 unspecified atom stereocenters. The Balaban J connectivity index is 1.87. The van der Waals surface area contributed by atoms with Crippen molar-refractivity contribution in [3.05, 3.63) is 59.4 Å². The van der Waals surface area contributed by atoms with E-state index in [1.165, 1.54) is 31.4 Å². The number of esters is 1. The number of carbonyl (C=O) groups is 1. The average Bonchev–Trinajstić information content (AvgIpc) is 2.61. The second-order valence-corrected chi connectivity index (χ2v) is 6.11. The van der Waals surface area contributed by atoms with Crippen LogP contribution in [0.5, 0.6) is 11.5 Å². The molecule has 0 radical (unpaired) electrons. The van der Waals surface area contributed by atoms with Gasteiger partial charge >= 0.3 is 5.97 Å². The van der Waals surface area contributed by atoms with Crippen molar-refractivity contribution >= 4 is 5.97 Å². The van der Waals surface area contributed by atoms with E-state index in [1.807, 2.05) is 19.1 Å². The summed E-state index contributed by atoms with van der Waals surface area (Å²) in [4.78, 5) is 12.1. The van der Waals surface area contributed by atoms with Crippen molar-refractivity contribution in [2.45, 2.75) is 46.0 Å². The molecule has 2 rings (SSSR count). The van der Waals surface area contributed by atoms with Crippen LogP contribution in [-0.2, 0) is 0 Å². The van der Waals surface area contributed by atoms with Gasteiger partial charge in [-0.15, -0.1) is 0 Å². The van der Waals surface area contributed by atoms with Gasteiger partial charge in [0.05, 0.1) is 12.2 Å². The third-order valence-corrected chi connectivity index (χ3v) is 3.90. The molecule has 0 saturated carbocycles. The van der Waals surface area contributed by atoms with E-state index in [2.05, 4.69) is 6.92 Å². The average molecular weight is 344 g/mol. The van der Waals surface area contributed by atoms with Crippen molar-refractivity contribution in [1.29, 1.82) is 0 Å². The van der Waals surface area contributed by atoms with Crippen LogP contribution in [0.2, 0.25) is 0 Å². The molecule has 0 spiro atoms. The van der Waals surface area contributed by atoms with Crippen LogP contribution < -0.4 is 9.47 Å². The van der Waals surface area contributed by atoms with E-state index in [-0.39, 0.29) is 11.3 Å². The Morgan fingerprint density at radius 2 is 1.72 bits per heavy atom. The minimum atomic E-state index is -0.589. The zero-order valence-corrected chi connectivity index (χ0v) is 14.9. The van der Waals surface area contributed by atoms with Crippen molar-refractivity contribution in [2.75, 3.05) is 6.61 Å². The zero-order chi connectivity index (χ0) is 18.1. The van der Waals surface area contributed by atoms with Gasteiger partial charge in [-0.2, -0.15) is 0 Å². The Bertz CT molecular complexity index is 680. The van der Waals surface area contributed by atoms with Gasteiger partial charge in [-0.05, 0) is 43.7 Å². The predicted molar refractivity (Wildman–Crippen MR) is 96.8 cm³/mol. The molecule has 2 aromatic carbocycles. The fourth-order valence-corrected chi connectivity index (χ4v) is 2.40. The van der Waals surface area contributed by atoms with E-state index in [0.717, 1.165) is 24.5 Å². The summed E-state index contributed by atoms with van der Waals surface area (Å²) in [7, 11) is 0. The summed E-state index contributed by atoms with van der Waals surface area (Å²) in [6, 6.07) is 11.3. The second-order valence-electron chi connectivity index (χ2n) is 6.11. The van der Waals surface area contributed by atoms with Gasteiger partial charge in [-0.25, -0.2) is 9.18 Å². The fourth-order valence-electron chi connectivity index (χ4n) is 2.40. The van der Waals surface area contributed by atoms with Gasteiger partial charge in [0.15, 0.2) is 11.6 Å². The largest absolute Gasteiger partial charge is 0.491 e. The van der Waals surface area contributed by atoms with E-state index >= 15 is 0 Å². The molecule has 0 bridgehead atoms. The van der Waals surface area contributed by atoms with E-state index in [0.29, 0.717) is 12.4 Å². The highest BCUT2D eigenvalue weighted by molar-refractivity contribution is 5.91. The highest BCUT2D eigenvalue weighted by Gasteiger charge is 2.12. The van der Waals surface area contributed by atoms with E-state index in [1.54, 1.807) is 12.1 Å². The number of unbranched alkanes of at least 4 members (excludes halogenated alkanes) is 4. The Hall–Kier alpha value is -2.36. The minimum absolute atomic E-state index is 0.161. The standard InChI is InChI=1S/C21H25FO3/c1-3-4-5-6-7-14-24-20-13-10-17(15-19(20)22)21(23)25-18-11-8-16(2)9-12-18/h8-13,15H,3-7,14H2,1-2H3. The summed E-state index contributed by atoms with van der Waals surface area (Å²) in [5, 5.41) is 0. The number of hydrogen-bond acceptors (Lipinski definition) is 3. The molecule has 0 aliphatic carbocycles. The van der Waals surface area contributed by atoms with E-state index in [9.17, 15) is 9.18 Å². The molecule has 0 aliphatic heterocycles. The Labute approximate surface area is 148 Å². The molecular formula is C21H25FO3. The molecule has 0 atom stereocenters. The molecule has 0 saturated heterocycles. The third-order valence-electron chi connectivity index (χ3n) is 3.90. The Morgan fingerprint density at radius 3 is 2.40 bits per heavy atom. The lowest BCUT2D eigenvalue weighted by molar-refractivity contribution is 0.0734. The van der Waals surface area contributed by atoms with Crippen LogP contribution >= 0.6 is 0 Å². The molecule has 0 fully saturated rings. The minimum Gasteiger partial charge on any atom is -0.491 e. The first-order valence-corrected chi connectivity index (χ1v) is 8.81. The van der Waals surface area contributed by atoms with Gasteiger partial charge in [0.25, 0.3) is 0 Å². The fraction of sp³-hybridized carbons (Fsp3) is 0.381. The first kappa shape index (κ1) is 19.0. The predicted octanol–water partition coefficient (Wildman–Crippen LogP) is 5.70. The molecule has 0 heterocycles. The van der Waals surface area contributed by atoms with Gasteiger partial charge in [-0.3, -0.25) is 0 Å². The lowest BCUT2D eigenvalue weighted by Crippen LogP contribution is -2.09. The molecule has 4 heteroatoms. The number of benzene rings is 2. The molecule has 0 aliphatic rings. The number of halogens is 1. The van der Waals surface area contributed by atoms with Gasteiger partial charge in [0, 0.05) is 0 Å². The molecule has 0 N–H and O–H groups in total. The van der Waals surface area contributed by atoms with E-state index in [4.69, 9.17) is 9.47 Å². The monoisotopic (exact) mass is 344 g/mol. The van der Waals surface area contributed by atoms with Crippen molar-refractivity contribution in [1.82, 2.24) is 0 Å². The SMILES string of the molecule is CCCCCCCOc1ccc(C(=O)Oc2ccc(C)cc2)cc1F. The van der Waals surface area contributed by atoms with Crippen LogP contribution in [0.4, 0.5) is 4.39 Å². The van der Waals surface area contributed by atoms with Gasteiger partial charge in [0.1, 0.15) is 5.75 Å². The first-order valence-electron chi connectivity index (χ1n) is 8.81. The van der Waals surface area contributed by atoms with Crippen LogP contribution in [0.3, 0.4) is 0 Å². The first-order chi connectivity index (χ1) is 12.1. The molecule has 25 heavy (non-hydrogen) atoms. The Kier molecular flexibility index (Phi) is 7.45. The maximum Gasteiger partial charge on any atom is 0.343 e. The molecule has 0 aromatic heterocycles. The van der Waals surface area contributed by atoms with Crippen molar-refractivity contribution < 1.29 is 18.7 Å². The summed E-state index contributed by atoms with van der Waals surface area (Å²) in [5.41, 5.74) is 1.23. The van der Waals surface area contributed by atoms with Crippen LogP contribution in [-0.4, -0.2) is 12.6 Å². The van der Waals surface area contributed by atoms with Crippen LogP contribution in [0.1, 0.15) is 54.9 Å². The van der Waals surface area contributed by atoms with Gasteiger partial charge in [-0.1, -0.05) is 50.3 Å². The smallest absolute Gasteiger partial charge is 0.343 e. The topological polar surface area (TPSA) is 35.5 Å².